The van der Waals surface area contributed by atoms with Gasteiger partial charge in [-0.25, -0.2) is 0 Å². The fourth-order valence-electron chi connectivity index (χ4n) is 4.08. The second-order valence-electron chi connectivity index (χ2n) is 8.00. The van der Waals surface area contributed by atoms with Crippen molar-refractivity contribution in [3.05, 3.63) is 64.9 Å². The summed E-state index contributed by atoms with van der Waals surface area (Å²) >= 11 is 0. The zero-order chi connectivity index (χ0) is 22.0. The van der Waals surface area contributed by atoms with E-state index in [-0.39, 0.29) is 25.0 Å². The first-order valence-electron chi connectivity index (χ1n) is 10.7. The fourth-order valence-corrected chi connectivity index (χ4v) is 4.08. The number of carbonyl (C=O) groups excluding carboxylic acids is 2. The molecule has 0 unspecified atom stereocenters. The first-order valence-corrected chi connectivity index (χ1v) is 10.7. The van der Waals surface area contributed by atoms with E-state index in [2.05, 4.69) is 4.90 Å². The van der Waals surface area contributed by atoms with Gasteiger partial charge in [-0.3, -0.25) is 14.5 Å². The molecule has 2 heterocycles. The van der Waals surface area contributed by atoms with Crippen LogP contribution in [0.1, 0.15) is 29.5 Å². The summed E-state index contributed by atoms with van der Waals surface area (Å²) in [4.78, 5) is 30.0. The van der Waals surface area contributed by atoms with Gasteiger partial charge in [-0.05, 0) is 67.6 Å². The molecule has 0 saturated carbocycles. The van der Waals surface area contributed by atoms with E-state index in [0.717, 1.165) is 48.4 Å². The number of rotatable bonds is 7. The van der Waals surface area contributed by atoms with Crippen LogP contribution in [0.4, 0.5) is 0 Å². The van der Waals surface area contributed by atoms with E-state index >= 15 is 0 Å². The molecule has 0 bridgehead atoms. The molecule has 2 aliphatic rings. The van der Waals surface area contributed by atoms with Gasteiger partial charge in [0.25, 0.3) is 11.8 Å². The number of benzene rings is 2. The van der Waals surface area contributed by atoms with Crippen LogP contribution in [0.25, 0.3) is 5.57 Å². The summed E-state index contributed by atoms with van der Waals surface area (Å²) in [6, 6.07) is 13.2. The second kappa shape index (κ2) is 8.84. The quantitative estimate of drug-likeness (QED) is 0.641. The molecule has 0 radical (unpaired) electrons. The fraction of sp³-hybridized carbons (Fsp3) is 0.360. The molecule has 162 valence electrons. The molecule has 2 aromatic carbocycles. The molecule has 31 heavy (non-hydrogen) atoms. The smallest absolute Gasteiger partial charge is 0.277 e. The van der Waals surface area contributed by atoms with Crippen LogP contribution >= 0.6 is 0 Å². The topological polar surface area (TPSA) is 59.1 Å². The lowest BCUT2D eigenvalue weighted by Gasteiger charge is -2.20. The zero-order valence-electron chi connectivity index (χ0n) is 18.3. The molecule has 6 nitrogen and oxygen atoms in total. The van der Waals surface area contributed by atoms with Gasteiger partial charge in [0, 0.05) is 13.1 Å². The third kappa shape index (κ3) is 4.15. The van der Waals surface area contributed by atoms with Crippen molar-refractivity contribution in [2.75, 3.05) is 33.4 Å². The Kier molecular flexibility index (Phi) is 5.98. The van der Waals surface area contributed by atoms with Crippen molar-refractivity contribution in [1.82, 2.24) is 9.80 Å². The number of nitrogens with zero attached hydrogens (tertiary/aromatic N) is 2. The Morgan fingerprint density at radius 2 is 1.55 bits per heavy atom. The molecule has 1 fully saturated rings. The molecule has 2 aliphatic heterocycles. The normalized spacial score (nSPS) is 16.5. The van der Waals surface area contributed by atoms with Crippen molar-refractivity contribution < 1.29 is 19.1 Å². The number of imide groups is 1. The predicted molar refractivity (Wildman–Crippen MR) is 119 cm³/mol. The monoisotopic (exact) mass is 420 g/mol. The number of carbonyl (C=O) groups is 2. The first-order chi connectivity index (χ1) is 15.0. The van der Waals surface area contributed by atoms with Crippen LogP contribution < -0.4 is 9.47 Å². The van der Waals surface area contributed by atoms with Gasteiger partial charge in [-0.1, -0.05) is 18.2 Å². The number of amides is 2. The molecular weight excluding hydrogens is 392 g/mol. The maximum atomic E-state index is 13.4. The Morgan fingerprint density at radius 3 is 2.19 bits per heavy atom. The van der Waals surface area contributed by atoms with Crippen molar-refractivity contribution in [2.24, 2.45) is 0 Å². The minimum Gasteiger partial charge on any atom is -0.497 e. The molecule has 0 atom stereocenters. The maximum Gasteiger partial charge on any atom is 0.277 e. The number of likely N-dealkylation sites (tertiary alicyclic amines) is 1. The third-order valence-electron chi connectivity index (χ3n) is 6.00. The average molecular weight is 421 g/mol. The highest BCUT2D eigenvalue weighted by atomic mass is 16.5. The molecular formula is C25H28N2O4. The van der Waals surface area contributed by atoms with Gasteiger partial charge in [-0.2, -0.15) is 0 Å². The number of methoxy groups -OCH3 is 1. The van der Waals surface area contributed by atoms with Gasteiger partial charge in [0.15, 0.2) is 0 Å². The van der Waals surface area contributed by atoms with E-state index in [9.17, 15) is 9.59 Å². The molecule has 4 rings (SSSR count). The maximum absolute atomic E-state index is 13.4. The summed E-state index contributed by atoms with van der Waals surface area (Å²) in [5, 5.41) is 0. The largest absolute Gasteiger partial charge is 0.497 e. The van der Waals surface area contributed by atoms with Crippen LogP contribution in [0, 0.1) is 13.8 Å². The lowest BCUT2D eigenvalue weighted by Crippen LogP contribution is -2.37. The zero-order valence-corrected chi connectivity index (χ0v) is 18.3. The summed E-state index contributed by atoms with van der Waals surface area (Å²) < 4.78 is 10.9. The standard InChI is InChI=1S/C25H28N2O4/c1-17-6-7-19(16-18(17)2)22-23(26-12-4-5-13-26)25(29)27(24(22)28)14-15-31-21-10-8-20(30-3)9-11-21/h6-11,16H,4-5,12-15H2,1-3H3. The van der Waals surface area contributed by atoms with Crippen molar-refractivity contribution in [3.8, 4) is 11.5 Å². The van der Waals surface area contributed by atoms with Gasteiger partial charge in [-0.15, -0.1) is 0 Å². The van der Waals surface area contributed by atoms with Crippen LogP contribution in [-0.2, 0) is 9.59 Å². The van der Waals surface area contributed by atoms with Crippen LogP contribution in [-0.4, -0.2) is 55.0 Å². The van der Waals surface area contributed by atoms with Crippen LogP contribution in [0.3, 0.4) is 0 Å². The summed E-state index contributed by atoms with van der Waals surface area (Å²) in [6.07, 6.45) is 2.07. The Morgan fingerprint density at radius 1 is 0.871 bits per heavy atom. The van der Waals surface area contributed by atoms with Crippen molar-refractivity contribution in [2.45, 2.75) is 26.7 Å². The van der Waals surface area contributed by atoms with Gasteiger partial charge in [0.2, 0.25) is 0 Å². The lowest BCUT2D eigenvalue weighted by molar-refractivity contribution is -0.137. The minimum absolute atomic E-state index is 0.204. The predicted octanol–water partition coefficient (Wildman–Crippen LogP) is 3.57. The minimum atomic E-state index is -0.242. The molecule has 0 aromatic heterocycles. The SMILES string of the molecule is COc1ccc(OCCN2C(=O)C(c3ccc(C)c(C)c3)=C(N3CCCC3)C2=O)cc1. The van der Waals surface area contributed by atoms with Crippen molar-refractivity contribution in [3.63, 3.8) is 0 Å². The number of hydrogen-bond donors (Lipinski definition) is 0. The number of hydrogen-bond acceptors (Lipinski definition) is 5. The van der Waals surface area contributed by atoms with Gasteiger partial charge in [0.1, 0.15) is 23.8 Å². The summed E-state index contributed by atoms with van der Waals surface area (Å²) in [6.45, 7) is 6.11. The highest BCUT2D eigenvalue weighted by Gasteiger charge is 2.42. The summed E-state index contributed by atoms with van der Waals surface area (Å²) in [5.41, 5.74) is 4.12. The third-order valence-corrected chi connectivity index (χ3v) is 6.00. The Labute approximate surface area is 183 Å². The summed E-state index contributed by atoms with van der Waals surface area (Å²) in [7, 11) is 1.61. The van der Waals surface area contributed by atoms with Gasteiger partial charge in [0.05, 0.1) is 19.2 Å². The first kappa shape index (κ1) is 21.0. The Balaban J connectivity index is 1.54. The average Bonchev–Trinajstić information content (AvgIpc) is 3.38. The highest BCUT2D eigenvalue weighted by Crippen LogP contribution is 2.34. The molecule has 1 saturated heterocycles. The Bertz CT molecular complexity index is 1020. The number of ether oxygens (including phenoxy) is 2. The molecule has 0 aliphatic carbocycles. The van der Waals surface area contributed by atoms with Crippen molar-refractivity contribution >= 4 is 17.4 Å². The van der Waals surface area contributed by atoms with Gasteiger partial charge >= 0.3 is 0 Å². The van der Waals surface area contributed by atoms with E-state index in [0.29, 0.717) is 17.0 Å². The molecule has 2 amide bonds. The van der Waals surface area contributed by atoms with Crippen molar-refractivity contribution in [1.29, 1.82) is 0 Å². The lowest BCUT2D eigenvalue weighted by atomic mass is 9.99. The molecule has 0 N–H and O–H groups in total. The van der Waals surface area contributed by atoms with E-state index in [1.165, 1.54) is 4.90 Å². The molecule has 0 spiro atoms. The Hall–Kier alpha value is -3.28. The second-order valence-corrected chi connectivity index (χ2v) is 8.00. The van der Waals surface area contributed by atoms with E-state index in [1.807, 2.05) is 44.2 Å². The van der Waals surface area contributed by atoms with E-state index < -0.39 is 0 Å². The molecule has 6 heteroatoms. The number of aryl methyl sites for hydroxylation is 2. The van der Waals surface area contributed by atoms with Crippen LogP contribution in [0.2, 0.25) is 0 Å². The van der Waals surface area contributed by atoms with E-state index in [1.54, 1.807) is 19.2 Å². The van der Waals surface area contributed by atoms with Gasteiger partial charge < -0.3 is 14.4 Å². The highest BCUT2D eigenvalue weighted by molar-refractivity contribution is 6.35. The van der Waals surface area contributed by atoms with Crippen LogP contribution in [0.5, 0.6) is 11.5 Å². The summed E-state index contributed by atoms with van der Waals surface area (Å²) in [5.74, 6) is 0.948. The van der Waals surface area contributed by atoms with E-state index in [4.69, 9.17) is 9.47 Å². The molecule has 2 aromatic rings. The van der Waals surface area contributed by atoms with Crippen LogP contribution in [0.15, 0.2) is 48.2 Å².